The Hall–Kier alpha value is -4.09. The highest BCUT2D eigenvalue weighted by atomic mass is 19.2. The monoisotopic (exact) mass is 501 g/mol. The molecule has 1 saturated carbocycles. The van der Waals surface area contributed by atoms with Crippen LogP contribution in [0, 0.1) is 23.4 Å². The van der Waals surface area contributed by atoms with E-state index < -0.39 is 17.5 Å². The molecule has 0 amide bonds. The number of imidazole rings is 1. The summed E-state index contributed by atoms with van der Waals surface area (Å²) in [6, 6.07) is 6.23. The highest BCUT2D eigenvalue weighted by Crippen LogP contribution is 2.31. The second-order valence-corrected chi connectivity index (χ2v) is 8.39. The quantitative estimate of drug-likeness (QED) is 0.260. The zero-order valence-electron chi connectivity index (χ0n) is 19.2. The van der Waals surface area contributed by atoms with E-state index in [1.165, 1.54) is 0 Å². The Kier molecular flexibility index (Phi) is 6.49. The number of rotatable bonds is 7. The number of esters is 1. The Labute approximate surface area is 203 Å². The minimum absolute atomic E-state index is 0.00298. The summed E-state index contributed by atoms with van der Waals surface area (Å²) in [4.78, 5) is 19.4. The molecule has 9 nitrogen and oxygen atoms in total. The number of aromatic nitrogens is 4. The molecule has 4 aromatic rings. The molecule has 0 unspecified atom stereocenters. The van der Waals surface area contributed by atoms with Gasteiger partial charge in [0.25, 0.3) is 5.89 Å². The molecule has 2 aromatic carbocycles. The van der Waals surface area contributed by atoms with Gasteiger partial charge in [0, 0.05) is 18.2 Å². The first kappa shape index (κ1) is 23.6. The number of ether oxygens (including phenoxy) is 2. The number of fused-ring (bicyclic) bond motifs is 1. The highest BCUT2D eigenvalue weighted by molar-refractivity contribution is 5.79. The SMILES string of the molecule is CCOC(=O)[C@H]1CC[C@@H](Oc2ccc3nc(-c4nnc(Nc5cc(F)c(F)cc5F)o4)[nH]c3c2)CC1. The van der Waals surface area contributed by atoms with E-state index in [-0.39, 0.29) is 41.4 Å². The van der Waals surface area contributed by atoms with Crippen LogP contribution in [0.3, 0.4) is 0 Å². The largest absolute Gasteiger partial charge is 0.490 e. The van der Waals surface area contributed by atoms with Crippen LogP contribution in [-0.2, 0) is 9.53 Å². The first-order valence-corrected chi connectivity index (χ1v) is 11.5. The maximum absolute atomic E-state index is 13.9. The minimum atomic E-state index is -1.31. The molecule has 188 valence electrons. The number of carbonyl (C=O) groups is 1. The zero-order valence-corrected chi connectivity index (χ0v) is 19.2. The van der Waals surface area contributed by atoms with Crippen LogP contribution in [0.2, 0.25) is 0 Å². The van der Waals surface area contributed by atoms with Crippen molar-refractivity contribution in [2.75, 3.05) is 11.9 Å². The van der Waals surface area contributed by atoms with Crippen molar-refractivity contribution in [2.24, 2.45) is 5.92 Å². The van der Waals surface area contributed by atoms with Crippen molar-refractivity contribution >= 4 is 28.7 Å². The molecule has 0 aliphatic heterocycles. The summed E-state index contributed by atoms with van der Waals surface area (Å²) in [6.45, 7) is 2.19. The van der Waals surface area contributed by atoms with Crippen LogP contribution in [0.5, 0.6) is 5.75 Å². The summed E-state index contributed by atoms with van der Waals surface area (Å²) >= 11 is 0. The fraction of sp³-hybridized carbons (Fsp3) is 0.333. The minimum Gasteiger partial charge on any atom is -0.490 e. The predicted molar refractivity (Wildman–Crippen MR) is 122 cm³/mol. The molecule has 0 saturated heterocycles. The average molecular weight is 501 g/mol. The number of halogens is 3. The van der Waals surface area contributed by atoms with E-state index in [9.17, 15) is 18.0 Å². The molecule has 0 atom stereocenters. The Morgan fingerprint density at radius 2 is 1.86 bits per heavy atom. The van der Waals surface area contributed by atoms with Gasteiger partial charge in [-0.15, -0.1) is 5.10 Å². The van der Waals surface area contributed by atoms with Crippen molar-refractivity contribution in [3.05, 3.63) is 47.8 Å². The molecule has 1 fully saturated rings. The van der Waals surface area contributed by atoms with E-state index >= 15 is 0 Å². The summed E-state index contributed by atoms with van der Waals surface area (Å²) in [5, 5.41) is 10.0. The van der Waals surface area contributed by atoms with Gasteiger partial charge in [-0.1, -0.05) is 5.10 Å². The lowest BCUT2D eigenvalue weighted by molar-refractivity contribution is -0.149. The van der Waals surface area contributed by atoms with Crippen molar-refractivity contribution < 1.29 is 31.9 Å². The Balaban J connectivity index is 1.25. The maximum atomic E-state index is 13.9. The van der Waals surface area contributed by atoms with E-state index in [0.29, 0.717) is 35.5 Å². The molecule has 36 heavy (non-hydrogen) atoms. The van der Waals surface area contributed by atoms with Gasteiger partial charge in [0.1, 0.15) is 11.6 Å². The fourth-order valence-corrected chi connectivity index (χ4v) is 4.14. The van der Waals surface area contributed by atoms with Crippen molar-refractivity contribution in [3.63, 3.8) is 0 Å². The fourth-order valence-electron chi connectivity index (χ4n) is 4.14. The highest BCUT2D eigenvalue weighted by Gasteiger charge is 2.28. The van der Waals surface area contributed by atoms with Gasteiger partial charge in [-0.3, -0.25) is 4.79 Å². The number of nitrogens with one attached hydrogen (secondary N) is 2. The molecule has 2 aromatic heterocycles. The molecule has 5 rings (SSSR count). The zero-order chi connectivity index (χ0) is 25.2. The molecule has 1 aliphatic carbocycles. The number of aromatic amines is 1. The van der Waals surface area contributed by atoms with Gasteiger partial charge >= 0.3 is 12.0 Å². The van der Waals surface area contributed by atoms with Gasteiger partial charge < -0.3 is 24.2 Å². The molecular formula is C24H22F3N5O4. The first-order valence-electron chi connectivity index (χ1n) is 11.5. The lowest BCUT2D eigenvalue weighted by Gasteiger charge is -2.27. The van der Waals surface area contributed by atoms with Crippen LogP contribution < -0.4 is 10.1 Å². The topological polar surface area (TPSA) is 115 Å². The van der Waals surface area contributed by atoms with Crippen molar-refractivity contribution in [1.82, 2.24) is 20.2 Å². The molecule has 0 radical (unpaired) electrons. The van der Waals surface area contributed by atoms with Gasteiger partial charge in [-0.25, -0.2) is 18.2 Å². The summed E-state index contributed by atoms with van der Waals surface area (Å²) in [5.74, 6) is -2.83. The lowest BCUT2D eigenvalue weighted by Crippen LogP contribution is -2.29. The summed E-state index contributed by atoms with van der Waals surface area (Å²) < 4.78 is 57.1. The third-order valence-corrected chi connectivity index (χ3v) is 5.93. The molecule has 12 heteroatoms. The third kappa shape index (κ3) is 4.97. The second-order valence-electron chi connectivity index (χ2n) is 8.39. The Bertz CT molecular complexity index is 1400. The second kappa shape index (κ2) is 9.88. The standard InChI is InChI=1S/C24H22F3N5O4/c1-2-34-23(33)12-3-5-13(6-4-12)35-14-7-8-18-20(9-14)29-21(28-18)22-31-32-24(36-22)30-19-11-16(26)15(25)10-17(19)27/h7-13H,2-6H2,1H3,(H,28,29)(H,30,32)/t12-,13+. The molecule has 1 aliphatic rings. The smallest absolute Gasteiger partial charge is 0.320 e. The van der Waals surface area contributed by atoms with E-state index in [4.69, 9.17) is 13.9 Å². The number of nitrogens with zero attached hydrogens (tertiary/aromatic N) is 3. The summed E-state index contributed by atoms with van der Waals surface area (Å²) in [5.41, 5.74) is 0.941. The van der Waals surface area contributed by atoms with Gasteiger partial charge in [-0.05, 0) is 44.7 Å². The number of benzene rings is 2. The van der Waals surface area contributed by atoms with E-state index in [0.717, 1.165) is 25.7 Å². The number of hydrogen-bond donors (Lipinski definition) is 2. The predicted octanol–water partition coefficient (Wildman–Crippen LogP) is 5.27. The maximum Gasteiger partial charge on any atom is 0.320 e. The van der Waals surface area contributed by atoms with Crippen molar-refractivity contribution in [1.29, 1.82) is 0 Å². The van der Waals surface area contributed by atoms with E-state index in [1.54, 1.807) is 25.1 Å². The number of hydrogen-bond acceptors (Lipinski definition) is 8. The average Bonchev–Trinajstić information content (AvgIpc) is 3.50. The summed E-state index contributed by atoms with van der Waals surface area (Å²) in [6.07, 6.45) is 2.96. The number of carbonyl (C=O) groups excluding carboxylic acids is 1. The van der Waals surface area contributed by atoms with Crippen LogP contribution in [0.1, 0.15) is 32.6 Å². The molecule has 0 bridgehead atoms. The van der Waals surface area contributed by atoms with Crippen LogP contribution in [-0.4, -0.2) is 38.8 Å². The van der Waals surface area contributed by atoms with Crippen LogP contribution >= 0.6 is 0 Å². The van der Waals surface area contributed by atoms with Crippen LogP contribution in [0.15, 0.2) is 34.7 Å². The lowest BCUT2D eigenvalue weighted by atomic mass is 9.87. The van der Waals surface area contributed by atoms with Crippen LogP contribution in [0.25, 0.3) is 22.7 Å². The van der Waals surface area contributed by atoms with E-state index in [2.05, 4.69) is 25.5 Å². The Morgan fingerprint density at radius 1 is 1.08 bits per heavy atom. The Morgan fingerprint density at radius 3 is 2.64 bits per heavy atom. The van der Waals surface area contributed by atoms with Gasteiger partial charge in [0.2, 0.25) is 0 Å². The van der Waals surface area contributed by atoms with Crippen molar-refractivity contribution in [2.45, 2.75) is 38.7 Å². The van der Waals surface area contributed by atoms with Gasteiger partial charge in [0.05, 0.1) is 35.3 Å². The molecule has 2 heterocycles. The molecule has 0 spiro atoms. The normalized spacial score (nSPS) is 17.8. The molecular weight excluding hydrogens is 479 g/mol. The first-order chi connectivity index (χ1) is 17.4. The number of H-pyrrole nitrogens is 1. The third-order valence-electron chi connectivity index (χ3n) is 5.93. The van der Waals surface area contributed by atoms with Crippen molar-refractivity contribution in [3.8, 4) is 17.5 Å². The summed E-state index contributed by atoms with van der Waals surface area (Å²) in [7, 11) is 0. The van der Waals surface area contributed by atoms with E-state index in [1.807, 2.05) is 0 Å². The van der Waals surface area contributed by atoms with Gasteiger partial charge in [-0.2, -0.15) is 0 Å². The van der Waals surface area contributed by atoms with Gasteiger partial charge in [0.15, 0.2) is 17.5 Å². The van der Waals surface area contributed by atoms with Crippen LogP contribution in [0.4, 0.5) is 24.9 Å². The number of anilines is 2. The molecule has 2 N–H and O–H groups in total.